The third-order valence-electron chi connectivity index (χ3n) is 8.79. The van der Waals surface area contributed by atoms with Gasteiger partial charge in [-0.15, -0.1) is 0 Å². The highest BCUT2D eigenvalue weighted by Crippen LogP contribution is 2.39. The number of hydrogen-bond donors (Lipinski definition) is 1. The van der Waals surface area contributed by atoms with Crippen LogP contribution in [-0.2, 0) is 26.3 Å². The molecular weight excluding hydrogens is 673 g/mol. The van der Waals surface area contributed by atoms with Gasteiger partial charge in [-0.05, 0) is 68.2 Å². The van der Waals surface area contributed by atoms with Crippen molar-refractivity contribution in [2.24, 2.45) is 5.92 Å². The molecule has 2 aromatic heterocycles. The molecule has 50 heavy (non-hydrogen) atoms. The number of hydrogen-bond acceptors (Lipinski definition) is 9. The summed E-state index contributed by atoms with van der Waals surface area (Å²) in [5.74, 6) is 2.82. The largest absolute Gasteiger partial charge is 0.492 e. The van der Waals surface area contributed by atoms with Crippen molar-refractivity contribution in [2.75, 3.05) is 26.7 Å². The minimum Gasteiger partial charge on any atom is -0.492 e. The average molecular weight is 713 g/mol. The molecule has 0 saturated carbocycles. The second-order valence-electron chi connectivity index (χ2n) is 12.5. The third-order valence-corrected chi connectivity index (χ3v) is 9.47. The minimum atomic E-state index is 0.207. The predicted octanol–water partition coefficient (Wildman–Crippen LogP) is 8.39. The zero-order valence-electron chi connectivity index (χ0n) is 28.1. The van der Waals surface area contributed by atoms with Gasteiger partial charge >= 0.3 is 0 Å². The van der Waals surface area contributed by atoms with Gasteiger partial charge in [0, 0.05) is 54.2 Å². The summed E-state index contributed by atoms with van der Waals surface area (Å²) < 4.78 is 24.2. The van der Waals surface area contributed by atoms with E-state index in [9.17, 15) is 5.26 Å². The molecule has 11 heteroatoms. The lowest BCUT2D eigenvalue weighted by atomic mass is 9.96. The lowest BCUT2D eigenvalue weighted by Crippen LogP contribution is -2.34. The monoisotopic (exact) mass is 711 g/mol. The van der Waals surface area contributed by atoms with Crippen LogP contribution < -0.4 is 19.5 Å². The molecule has 1 N–H and O–H groups in total. The molecule has 3 aromatic carbocycles. The summed E-state index contributed by atoms with van der Waals surface area (Å²) >= 11 is 13.7. The molecule has 0 spiro atoms. The molecule has 0 radical (unpaired) electrons. The van der Waals surface area contributed by atoms with Crippen LogP contribution in [0.4, 0.5) is 0 Å². The SMILES string of the molecule is Cc1c(COc2cc(OCc3cncc(C#N)c3)c(CNCc3ncco3)cc2Cl)cccc1-c1cccc(OCC2CCCN(C)C2)c1Cl. The van der Waals surface area contributed by atoms with Crippen LogP contribution in [0.2, 0.25) is 10.0 Å². The van der Waals surface area contributed by atoms with Gasteiger partial charge in [0.15, 0.2) is 0 Å². The molecule has 6 rings (SSSR count). The first-order valence-corrected chi connectivity index (χ1v) is 17.3. The Hall–Kier alpha value is -4.59. The molecule has 1 saturated heterocycles. The Morgan fingerprint density at radius 3 is 2.62 bits per heavy atom. The Labute approximate surface area is 302 Å². The molecule has 0 amide bonds. The minimum absolute atomic E-state index is 0.207. The Balaban J connectivity index is 1.18. The van der Waals surface area contributed by atoms with Gasteiger partial charge < -0.3 is 28.8 Å². The van der Waals surface area contributed by atoms with Gasteiger partial charge in [0.2, 0.25) is 5.89 Å². The molecule has 9 nitrogen and oxygen atoms in total. The van der Waals surface area contributed by atoms with Crippen LogP contribution in [-0.4, -0.2) is 41.6 Å². The Bertz CT molecular complexity index is 1950. The quantitative estimate of drug-likeness (QED) is 0.122. The number of nitriles is 1. The van der Waals surface area contributed by atoms with Gasteiger partial charge in [-0.1, -0.05) is 53.5 Å². The maximum Gasteiger partial charge on any atom is 0.207 e. The lowest BCUT2D eigenvalue weighted by molar-refractivity contribution is 0.150. The van der Waals surface area contributed by atoms with Crippen molar-refractivity contribution in [2.45, 2.75) is 46.1 Å². The van der Waals surface area contributed by atoms with Crippen LogP contribution in [0.1, 0.15) is 46.5 Å². The standard InChI is InChI=1S/C39H39Cl2N5O4/c1-26-30(7-3-8-32(26)33-9-4-10-35(39(33)41)48-23-27-6-5-12-46(2)22-27)25-50-37-16-36(49-24-29-14-28(17-42)18-43-19-29)31(15-34(37)40)20-44-21-38-45-11-13-47-38/h3-4,7-11,13-16,18-19,27,44H,5-6,12,20-25H2,1-2H3. The number of benzene rings is 3. The summed E-state index contributed by atoms with van der Waals surface area (Å²) in [5.41, 5.74) is 6.01. The van der Waals surface area contributed by atoms with Crippen LogP contribution in [0.3, 0.4) is 0 Å². The summed E-state index contributed by atoms with van der Waals surface area (Å²) in [6.07, 6.45) is 8.68. The van der Waals surface area contributed by atoms with Crippen LogP contribution in [0.25, 0.3) is 11.1 Å². The maximum atomic E-state index is 9.29. The number of halogens is 2. The van der Waals surface area contributed by atoms with E-state index in [1.54, 1.807) is 24.5 Å². The molecule has 1 atom stereocenters. The number of rotatable bonds is 14. The zero-order valence-corrected chi connectivity index (χ0v) is 29.6. The van der Waals surface area contributed by atoms with E-state index in [4.69, 9.17) is 41.8 Å². The van der Waals surface area contributed by atoms with Crippen molar-refractivity contribution in [3.8, 4) is 34.4 Å². The van der Waals surface area contributed by atoms with E-state index in [1.807, 2.05) is 36.4 Å². The van der Waals surface area contributed by atoms with E-state index in [0.29, 0.717) is 64.4 Å². The van der Waals surface area contributed by atoms with Crippen molar-refractivity contribution < 1.29 is 18.6 Å². The number of aromatic nitrogens is 2. The fraction of sp³-hybridized carbons (Fsp3) is 0.308. The molecule has 5 aromatic rings. The van der Waals surface area contributed by atoms with Crippen LogP contribution >= 0.6 is 23.2 Å². The van der Waals surface area contributed by atoms with Crippen LogP contribution in [0.15, 0.2) is 83.9 Å². The second kappa shape index (κ2) is 16.9. The van der Waals surface area contributed by atoms with E-state index < -0.39 is 0 Å². The van der Waals surface area contributed by atoms with Gasteiger partial charge in [0.05, 0.1) is 35.0 Å². The van der Waals surface area contributed by atoms with E-state index in [0.717, 1.165) is 52.9 Å². The number of nitrogens with zero attached hydrogens (tertiary/aromatic N) is 4. The predicted molar refractivity (Wildman–Crippen MR) is 193 cm³/mol. The molecule has 258 valence electrons. The second-order valence-corrected chi connectivity index (χ2v) is 13.3. The first-order valence-electron chi connectivity index (χ1n) is 16.6. The van der Waals surface area contributed by atoms with E-state index >= 15 is 0 Å². The topological polar surface area (TPSA) is 106 Å². The van der Waals surface area contributed by atoms with Crippen molar-refractivity contribution >= 4 is 23.2 Å². The number of pyridine rings is 1. The first-order chi connectivity index (χ1) is 24.4. The summed E-state index contributed by atoms with van der Waals surface area (Å²) in [7, 11) is 2.16. The molecule has 3 heterocycles. The van der Waals surface area contributed by atoms with E-state index in [2.05, 4.69) is 46.3 Å². The number of likely N-dealkylation sites (tertiary alicyclic amines) is 1. The van der Waals surface area contributed by atoms with Crippen molar-refractivity contribution in [3.05, 3.63) is 123 Å². The van der Waals surface area contributed by atoms with Gasteiger partial charge in [-0.25, -0.2) is 4.98 Å². The zero-order chi connectivity index (χ0) is 34.9. The van der Waals surface area contributed by atoms with Crippen molar-refractivity contribution in [3.63, 3.8) is 0 Å². The number of nitrogens with one attached hydrogen (secondary N) is 1. The third kappa shape index (κ3) is 8.95. The molecule has 1 aliphatic heterocycles. The fourth-order valence-electron chi connectivity index (χ4n) is 6.13. The molecular formula is C39H39Cl2N5O4. The first kappa shape index (κ1) is 35.2. The summed E-state index contributed by atoms with van der Waals surface area (Å²) in [6, 6.07) is 19.5. The lowest BCUT2D eigenvalue weighted by Gasteiger charge is -2.29. The Morgan fingerprint density at radius 1 is 0.960 bits per heavy atom. The normalized spacial score (nSPS) is 14.7. The highest BCUT2D eigenvalue weighted by atomic mass is 35.5. The Morgan fingerprint density at radius 2 is 1.80 bits per heavy atom. The van der Waals surface area contributed by atoms with E-state index in [-0.39, 0.29) is 13.2 Å². The van der Waals surface area contributed by atoms with Crippen molar-refractivity contribution in [1.29, 1.82) is 5.26 Å². The molecule has 1 aliphatic rings. The van der Waals surface area contributed by atoms with Gasteiger partial charge in [-0.2, -0.15) is 5.26 Å². The molecule has 0 aliphatic carbocycles. The summed E-state index contributed by atoms with van der Waals surface area (Å²) in [4.78, 5) is 10.7. The van der Waals surface area contributed by atoms with Crippen LogP contribution in [0, 0.1) is 24.2 Å². The number of oxazole rings is 1. The smallest absolute Gasteiger partial charge is 0.207 e. The van der Waals surface area contributed by atoms with Crippen LogP contribution in [0.5, 0.6) is 17.2 Å². The maximum absolute atomic E-state index is 9.29. The summed E-state index contributed by atoms with van der Waals surface area (Å²) in [6.45, 7) is 6.24. The van der Waals surface area contributed by atoms with Gasteiger partial charge in [0.1, 0.15) is 42.8 Å². The van der Waals surface area contributed by atoms with Gasteiger partial charge in [-0.3, -0.25) is 4.98 Å². The highest BCUT2D eigenvalue weighted by Gasteiger charge is 2.20. The van der Waals surface area contributed by atoms with E-state index in [1.165, 1.54) is 18.9 Å². The van der Waals surface area contributed by atoms with Gasteiger partial charge in [0.25, 0.3) is 0 Å². The molecule has 1 fully saturated rings. The Kier molecular flexibility index (Phi) is 11.9. The fourth-order valence-corrected chi connectivity index (χ4v) is 6.65. The van der Waals surface area contributed by atoms with Crippen molar-refractivity contribution in [1.82, 2.24) is 20.2 Å². The highest BCUT2D eigenvalue weighted by molar-refractivity contribution is 6.35. The number of piperidine rings is 1. The average Bonchev–Trinajstić information content (AvgIpc) is 3.65. The molecule has 0 bridgehead atoms. The number of ether oxygens (including phenoxy) is 3. The molecule has 1 unspecified atom stereocenters. The summed E-state index contributed by atoms with van der Waals surface area (Å²) in [5, 5.41) is 13.7.